The van der Waals surface area contributed by atoms with Crippen molar-refractivity contribution >= 4 is 5.91 Å². The molecular formula is C20H20N4O3. The highest BCUT2D eigenvalue weighted by Gasteiger charge is 2.08. The number of nitrogens with one attached hydrogen (secondary N) is 1. The number of aromatic nitrogens is 3. The van der Waals surface area contributed by atoms with Gasteiger partial charge in [0.1, 0.15) is 12.3 Å². The summed E-state index contributed by atoms with van der Waals surface area (Å²) in [6, 6.07) is 14.3. The fourth-order valence-corrected chi connectivity index (χ4v) is 2.57. The largest absolute Gasteiger partial charge is 0.497 e. The van der Waals surface area contributed by atoms with Crippen LogP contribution in [-0.4, -0.2) is 34.3 Å². The van der Waals surface area contributed by atoms with Gasteiger partial charge in [0, 0.05) is 30.6 Å². The maximum absolute atomic E-state index is 12.2. The molecule has 1 amide bonds. The minimum atomic E-state index is -0.321. The van der Waals surface area contributed by atoms with E-state index in [2.05, 4.69) is 15.4 Å². The van der Waals surface area contributed by atoms with Crippen LogP contribution >= 0.6 is 0 Å². The molecule has 27 heavy (non-hydrogen) atoms. The second kappa shape index (κ2) is 8.75. The highest BCUT2D eigenvalue weighted by molar-refractivity contribution is 5.75. The van der Waals surface area contributed by atoms with Gasteiger partial charge in [0.2, 0.25) is 5.91 Å². The third-order valence-electron chi connectivity index (χ3n) is 4.03. The first-order valence-corrected chi connectivity index (χ1v) is 8.54. The molecule has 0 radical (unpaired) electrons. The lowest BCUT2D eigenvalue weighted by molar-refractivity contribution is -0.121. The molecule has 3 rings (SSSR count). The molecule has 0 aliphatic carbocycles. The molecule has 7 nitrogen and oxygen atoms in total. The summed E-state index contributed by atoms with van der Waals surface area (Å²) in [6.07, 6.45) is 3.99. The quantitative estimate of drug-likeness (QED) is 0.689. The number of benzene rings is 1. The van der Waals surface area contributed by atoms with Gasteiger partial charge in [-0.15, -0.1) is 0 Å². The number of amides is 1. The Balaban J connectivity index is 1.58. The molecule has 0 bridgehead atoms. The van der Waals surface area contributed by atoms with Crippen LogP contribution in [0.4, 0.5) is 0 Å². The molecule has 138 valence electrons. The van der Waals surface area contributed by atoms with E-state index in [9.17, 15) is 9.59 Å². The van der Waals surface area contributed by atoms with Crippen molar-refractivity contribution in [3.05, 3.63) is 76.8 Å². The van der Waals surface area contributed by atoms with E-state index in [1.54, 1.807) is 37.7 Å². The van der Waals surface area contributed by atoms with Gasteiger partial charge < -0.3 is 10.1 Å². The van der Waals surface area contributed by atoms with E-state index in [1.807, 2.05) is 24.3 Å². The topological polar surface area (TPSA) is 86.1 Å². The standard InChI is InChI=1S/C20H20N4O3/c1-27-17-4-2-15(3-5-17)8-13-22-19(25)14-24-20(26)7-6-18(23-24)16-9-11-21-12-10-16/h2-7,9-12H,8,13-14H2,1H3,(H,22,25). The van der Waals surface area contributed by atoms with Crippen LogP contribution < -0.4 is 15.6 Å². The Hall–Kier alpha value is -3.48. The van der Waals surface area contributed by atoms with E-state index in [1.165, 1.54) is 10.7 Å². The van der Waals surface area contributed by atoms with Crippen LogP contribution in [0.1, 0.15) is 5.56 Å². The third-order valence-corrected chi connectivity index (χ3v) is 4.03. The Morgan fingerprint density at radius 2 is 1.81 bits per heavy atom. The number of hydrogen-bond donors (Lipinski definition) is 1. The molecule has 0 saturated heterocycles. The van der Waals surface area contributed by atoms with Gasteiger partial charge >= 0.3 is 0 Å². The van der Waals surface area contributed by atoms with Gasteiger partial charge in [-0.3, -0.25) is 14.6 Å². The Kier molecular flexibility index (Phi) is 5.94. The summed E-state index contributed by atoms with van der Waals surface area (Å²) in [5, 5.41) is 7.08. The Labute approximate surface area is 156 Å². The summed E-state index contributed by atoms with van der Waals surface area (Å²) in [4.78, 5) is 28.1. The first-order chi connectivity index (χ1) is 13.2. The molecule has 0 aliphatic rings. The lowest BCUT2D eigenvalue weighted by Crippen LogP contribution is -2.34. The van der Waals surface area contributed by atoms with Crippen molar-refractivity contribution in [3.63, 3.8) is 0 Å². The summed E-state index contributed by atoms with van der Waals surface area (Å²) in [6.45, 7) is 0.352. The molecule has 0 saturated carbocycles. The van der Waals surface area contributed by atoms with Crippen LogP contribution in [0.15, 0.2) is 65.7 Å². The summed E-state index contributed by atoms with van der Waals surface area (Å²) in [5.74, 6) is 0.535. The normalized spacial score (nSPS) is 10.4. The fourth-order valence-electron chi connectivity index (χ4n) is 2.57. The molecular weight excluding hydrogens is 344 g/mol. The fraction of sp³-hybridized carbons (Fsp3) is 0.200. The predicted molar refractivity (Wildman–Crippen MR) is 101 cm³/mol. The van der Waals surface area contributed by atoms with Gasteiger partial charge in [0.15, 0.2) is 0 Å². The average Bonchev–Trinajstić information content (AvgIpc) is 2.71. The van der Waals surface area contributed by atoms with Crippen LogP contribution in [0.2, 0.25) is 0 Å². The lowest BCUT2D eigenvalue weighted by atomic mass is 10.1. The van der Waals surface area contributed by atoms with Crippen LogP contribution in [0.3, 0.4) is 0 Å². The van der Waals surface area contributed by atoms with Crippen LogP contribution in [0.25, 0.3) is 11.3 Å². The highest BCUT2D eigenvalue weighted by Crippen LogP contribution is 2.13. The number of carbonyl (C=O) groups excluding carboxylic acids is 1. The number of rotatable bonds is 7. The monoisotopic (exact) mass is 364 g/mol. The average molecular weight is 364 g/mol. The predicted octanol–water partition coefficient (Wildman–Crippen LogP) is 1.67. The van der Waals surface area contributed by atoms with Crippen molar-refractivity contribution in [2.24, 2.45) is 0 Å². The van der Waals surface area contributed by atoms with Gasteiger partial charge in [0.25, 0.3) is 5.56 Å². The minimum absolute atomic E-state index is 0.125. The molecule has 1 N–H and O–H groups in total. The number of pyridine rings is 1. The lowest BCUT2D eigenvalue weighted by Gasteiger charge is -2.08. The van der Waals surface area contributed by atoms with Gasteiger partial charge in [-0.25, -0.2) is 4.68 Å². The number of carbonyl (C=O) groups is 1. The second-order valence-corrected chi connectivity index (χ2v) is 5.90. The van der Waals surface area contributed by atoms with Crippen molar-refractivity contribution in [1.82, 2.24) is 20.1 Å². The van der Waals surface area contributed by atoms with Crippen molar-refractivity contribution < 1.29 is 9.53 Å². The van der Waals surface area contributed by atoms with Crippen molar-refractivity contribution in [2.75, 3.05) is 13.7 Å². The molecule has 7 heteroatoms. The first kappa shape index (κ1) is 18.3. The molecule has 0 aliphatic heterocycles. The molecule has 0 atom stereocenters. The smallest absolute Gasteiger partial charge is 0.267 e. The Morgan fingerprint density at radius 1 is 1.07 bits per heavy atom. The summed E-state index contributed by atoms with van der Waals surface area (Å²) in [5.41, 5.74) is 2.21. The summed E-state index contributed by atoms with van der Waals surface area (Å²) >= 11 is 0. The molecule has 0 fully saturated rings. The maximum atomic E-state index is 12.2. The van der Waals surface area contributed by atoms with E-state index in [4.69, 9.17) is 4.74 Å². The van der Waals surface area contributed by atoms with E-state index >= 15 is 0 Å². The molecule has 3 aromatic rings. The van der Waals surface area contributed by atoms with Crippen molar-refractivity contribution in [1.29, 1.82) is 0 Å². The number of nitrogens with zero attached hydrogens (tertiary/aromatic N) is 3. The van der Waals surface area contributed by atoms with Gasteiger partial charge in [-0.05, 0) is 42.3 Å². The van der Waals surface area contributed by atoms with Crippen molar-refractivity contribution in [3.8, 4) is 17.0 Å². The van der Waals surface area contributed by atoms with Crippen LogP contribution in [-0.2, 0) is 17.8 Å². The van der Waals surface area contributed by atoms with E-state index in [-0.39, 0.29) is 18.0 Å². The highest BCUT2D eigenvalue weighted by atomic mass is 16.5. The van der Waals surface area contributed by atoms with E-state index < -0.39 is 0 Å². The minimum Gasteiger partial charge on any atom is -0.497 e. The molecule has 0 spiro atoms. The molecule has 2 heterocycles. The third kappa shape index (κ3) is 5.01. The molecule has 2 aromatic heterocycles. The molecule has 0 unspecified atom stereocenters. The van der Waals surface area contributed by atoms with Crippen LogP contribution in [0.5, 0.6) is 5.75 Å². The molecule has 1 aromatic carbocycles. The van der Waals surface area contributed by atoms with Gasteiger partial charge in [0.05, 0.1) is 12.8 Å². The Morgan fingerprint density at radius 3 is 2.52 bits per heavy atom. The van der Waals surface area contributed by atoms with Crippen molar-refractivity contribution in [2.45, 2.75) is 13.0 Å². The second-order valence-electron chi connectivity index (χ2n) is 5.90. The van der Waals surface area contributed by atoms with E-state index in [0.717, 1.165) is 16.9 Å². The number of ether oxygens (including phenoxy) is 1. The van der Waals surface area contributed by atoms with Gasteiger partial charge in [-0.2, -0.15) is 5.10 Å². The SMILES string of the molecule is COc1ccc(CCNC(=O)Cn2nc(-c3ccncc3)ccc2=O)cc1. The summed E-state index contributed by atoms with van der Waals surface area (Å²) in [7, 11) is 1.62. The first-order valence-electron chi connectivity index (χ1n) is 8.54. The van der Waals surface area contributed by atoms with Crippen LogP contribution in [0, 0.1) is 0 Å². The van der Waals surface area contributed by atoms with Gasteiger partial charge in [-0.1, -0.05) is 12.1 Å². The number of hydrogen-bond acceptors (Lipinski definition) is 5. The zero-order valence-electron chi connectivity index (χ0n) is 15.0. The number of methoxy groups -OCH3 is 1. The summed E-state index contributed by atoms with van der Waals surface area (Å²) < 4.78 is 6.28. The van der Waals surface area contributed by atoms with E-state index in [0.29, 0.717) is 18.7 Å². The zero-order chi connectivity index (χ0) is 19.1. The zero-order valence-corrected chi connectivity index (χ0v) is 15.0. The maximum Gasteiger partial charge on any atom is 0.267 e. The Bertz CT molecular complexity index is 953.